The number of hydrogen-bond acceptors (Lipinski definition) is 5. The zero-order valence-electron chi connectivity index (χ0n) is 14.8. The van der Waals surface area contributed by atoms with Crippen LogP contribution in [0.2, 0.25) is 0 Å². The molecule has 6 heteroatoms. The third-order valence-electron chi connectivity index (χ3n) is 3.57. The monoisotopic (exact) mass is 371 g/mol. The second kappa shape index (κ2) is 7.80. The van der Waals surface area contributed by atoms with E-state index in [0.717, 1.165) is 27.5 Å². The van der Waals surface area contributed by atoms with Gasteiger partial charge in [-0.05, 0) is 44.4 Å². The molecule has 4 nitrogen and oxygen atoms in total. The summed E-state index contributed by atoms with van der Waals surface area (Å²) < 4.78 is 7.42. The van der Waals surface area contributed by atoms with E-state index in [1.165, 1.54) is 4.88 Å². The molecule has 0 saturated heterocycles. The van der Waals surface area contributed by atoms with Gasteiger partial charge in [0.1, 0.15) is 5.75 Å². The van der Waals surface area contributed by atoms with E-state index in [4.69, 9.17) is 14.8 Å². The van der Waals surface area contributed by atoms with Crippen LogP contribution >= 0.6 is 22.7 Å². The normalized spacial score (nSPS) is 12.8. The first kappa shape index (κ1) is 17.6. The molecule has 3 rings (SSSR count). The van der Waals surface area contributed by atoms with Crippen LogP contribution in [0.25, 0.3) is 10.6 Å². The average Bonchev–Trinajstić information content (AvgIpc) is 3.25. The Balaban J connectivity index is 2.16. The van der Waals surface area contributed by atoms with Crippen molar-refractivity contribution < 1.29 is 4.74 Å². The van der Waals surface area contributed by atoms with E-state index in [0.29, 0.717) is 0 Å². The highest BCUT2D eigenvalue weighted by molar-refractivity contribution is 7.14. The highest BCUT2D eigenvalue weighted by Gasteiger charge is 2.11. The van der Waals surface area contributed by atoms with Crippen LogP contribution in [-0.4, -0.2) is 23.5 Å². The average molecular weight is 372 g/mol. The first-order chi connectivity index (χ1) is 12.1. The molecule has 0 saturated carbocycles. The van der Waals surface area contributed by atoms with E-state index >= 15 is 0 Å². The van der Waals surface area contributed by atoms with Gasteiger partial charge in [0, 0.05) is 17.0 Å². The first-order valence-electron chi connectivity index (χ1n) is 8.07. The maximum absolute atomic E-state index is 5.47. The number of benzene rings is 1. The Labute approximate surface area is 155 Å². The summed E-state index contributed by atoms with van der Waals surface area (Å²) in [6, 6.07) is 12.3. The number of nitrogens with zero attached hydrogens (tertiary/aromatic N) is 3. The summed E-state index contributed by atoms with van der Waals surface area (Å²) >= 11 is 3.32. The van der Waals surface area contributed by atoms with Crippen molar-refractivity contribution in [1.82, 2.24) is 4.68 Å². The standard InChI is InChI=1S/C19H21N3OS2/c1-13(2)20-19-22(16(12-25-19)18-10-7-11-24-18)21-14(3)15-8-5-6-9-17(15)23-4/h5-13H,1-4H3. The number of thiophene rings is 1. The van der Waals surface area contributed by atoms with Crippen molar-refractivity contribution in [2.75, 3.05) is 7.11 Å². The lowest BCUT2D eigenvalue weighted by molar-refractivity contribution is 0.414. The molecule has 0 N–H and O–H groups in total. The predicted octanol–water partition coefficient (Wildman–Crippen LogP) is 4.87. The van der Waals surface area contributed by atoms with Crippen LogP contribution in [0.1, 0.15) is 26.3 Å². The molecule has 0 aliphatic rings. The number of para-hydroxylation sites is 1. The molecule has 0 spiro atoms. The maximum Gasteiger partial charge on any atom is 0.206 e. The summed E-state index contributed by atoms with van der Waals surface area (Å²) in [4.78, 5) is 6.80. The van der Waals surface area contributed by atoms with Crippen LogP contribution < -0.4 is 9.54 Å². The van der Waals surface area contributed by atoms with Crippen LogP contribution in [0, 0.1) is 0 Å². The van der Waals surface area contributed by atoms with Gasteiger partial charge < -0.3 is 4.74 Å². The number of ether oxygens (including phenoxy) is 1. The Bertz CT molecular complexity index is 934. The number of hydrogen-bond donors (Lipinski definition) is 0. The van der Waals surface area contributed by atoms with Crippen LogP contribution in [0.3, 0.4) is 0 Å². The minimum atomic E-state index is 0.211. The van der Waals surface area contributed by atoms with Gasteiger partial charge in [-0.3, -0.25) is 4.99 Å². The van der Waals surface area contributed by atoms with Crippen molar-refractivity contribution in [2.45, 2.75) is 26.8 Å². The second-order valence-electron chi connectivity index (χ2n) is 5.80. The summed E-state index contributed by atoms with van der Waals surface area (Å²) in [5, 5.41) is 9.08. The van der Waals surface area contributed by atoms with Gasteiger partial charge in [-0.25, -0.2) is 4.68 Å². The quantitative estimate of drug-likeness (QED) is 0.590. The molecule has 130 valence electrons. The zero-order valence-corrected chi connectivity index (χ0v) is 16.4. The lowest BCUT2D eigenvalue weighted by Gasteiger charge is -2.09. The Morgan fingerprint density at radius 1 is 1.12 bits per heavy atom. The Kier molecular flexibility index (Phi) is 5.50. The van der Waals surface area contributed by atoms with Crippen molar-refractivity contribution in [3.63, 3.8) is 0 Å². The summed E-state index contributed by atoms with van der Waals surface area (Å²) in [5.41, 5.74) is 2.93. The molecule has 0 unspecified atom stereocenters. The van der Waals surface area contributed by atoms with Gasteiger partial charge in [-0.15, -0.1) is 22.7 Å². The summed E-state index contributed by atoms with van der Waals surface area (Å²) in [6.45, 7) is 6.15. The van der Waals surface area contributed by atoms with Gasteiger partial charge in [-0.1, -0.05) is 18.2 Å². The van der Waals surface area contributed by atoms with Crippen LogP contribution in [0.4, 0.5) is 0 Å². The fourth-order valence-electron chi connectivity index (χ4n) is 2.45. The minimum Gasteiger partial charge on any atom is -0.496 e. The third kappa shape index (κ3) is 3.91. The van der Waals surface area contributed by atoms with Crippen LogP contribution in [0.15, 0.2) is 57.3 Å². The van der Waals surface area contributed by atoms with Gasteiger partial charge in [0.05, 0.1) is 23.4 Å². The van der Waals surface area contributed by atoms with Gasteiger partial charge in [0.25, 0.3) is 0 Å². The highest BCUT2D eigenvalue weighted by atomic mass is 32.1. The molecular weight excluding hydrogens is 350 g/mol. The smallest absolute Gasteiger partial charge is 0.206 e. The first-order valence-corrected chi connectivity index (χ1v) is 9.83. The molecular formula is C19H21N3OS2. The molecule has 0 radical (unpaired) electrons. The molecule has 0 fully saturated rings. The molecule has 0 aliphatic carbocycles. The molecule has 0 aliphatic heterocycles. The summed E-state index contributed by atoms with van der Waals surface area (Å²) in [6.07, 6.45) is 0. The number of methoxy groups -OCH3 is 1. The molecule has 25 heavy (non-hydrogen) atoms. The second-order valence-corrected chi connectivity index (χ2v) is 7.59. The lowest BCUT2D eigenvalue weighted by Crippen LogP contribution is -2.16. The largest absolute Gasteiger partial charge is 0.496 e. The van der Waals surface area contributed by atoms with Crippen molar-refractivity contribution in [2.24, 2.45) is 10.1 Å². The summed E-state index contributed by atoms with van der Waals surface area (Å²) in [7, 11) is 1.68. The van der Waals surface area contributed by atoms with Crippen LogP contribution in [-0.2, 0) is 0 Å². The number of thiazole rings is 1. The van der Waals surface area contributed by atoms with Crippen LogP contribution in [0.5, 0.6) is 5.75 Å². The lowest BCUT2D eigenvalue weighted by atomic mass is 10.1. The number of rotatable bonds is 5. The molecule has 2 heterocycles. The van der Waals surface area contributed by atoms with E-state index in [-0.39, 0.29) is 6.04 Å². The van der Waals surface area contributed by atoms with Crippen molar-refractivity contribution in [1.29, 1.82) is 0 Å². The van der Waals surface area contributed by atoms with Gasteiger partial charge in [0.2, 0.25) is 4.80 Å². The van der Waals surface area contributed by atoms with E-state index in [9.17, 15) is 0 Å². The molecule has 2 aromatic heterocycles. The highest BCUT2D eigenvalue weighted by Crippen LogP contribution is 2.26. The van der Waals surface area contributed by atoms with Gasteiger partial charge >= 0.3 is 0 Å². The van der Waals surface area contributed by atoms with Gasteiger partial charge in [-0.2, -0.15) is 5.10 Å². The maximum atomic E-state index is 5.47. The Morgan fingerprint density at radius 3 is 2.60 bits per heavy atom. The molecule has 1 aromatic carbocycles. The Morgan fingerprint density at radius 2 is 1.92 bits per heavy atom. The van der Waals surface area contributed by atoms with E-state index in [1.807, 2.05) is 35.9 Å². The molecule has 0 atom stereocenters. The van der Waals surface area contributed by atoms with Crippen molar-refractivity contribution >= 4 is 28.4 Å². The summed E-state index contributed by atoms with van der Waals surface area (Å²) in [5.74, 6) is 0.819. The fraction of sp³-hybridized carbons (Fsp3) is 0.263. The molecule has 3 aromatic rings. The predicted molar refractivity (Wildman–Crippen MR) is 107 cm³/mol. The Hall–Kier alpha value is -2.18. The van der Waals surface area contributed by atoms with Crippen molar-refractivity contribution in [3.05, 3.63) is 57.5 Å². The zero-order chi connectivity index (χ0) is 17.8. The van der Waals surface area contributed by atoms with E-state index in [1.54, 1.807) is 29.8 Å². The number of aromatic nitrogens is 1. The minimum absolute atomic E-state index is 0.211. The van der Waals surface area contributed by atoms with Gasteiger partial charge in [0.15, 0.2) is 0 Å². The SMILES string of the molecule is COc1ccccc1C(C)=Nn1c(-c2cccs2)csc1=NC(C)C. The van der Waals surface area contributed by atoms with E-state index in [2.05, 4.69) is 36.7 Å². The molecule has 0 bridgehead atoms. The fourth-order valence-corrected chi connectivity index (χ4v) is 4.20. The van der Waals surface area contributed by atoms with E-state index < -0.39 is 0 Å². The van der Waals surface area contributed by atoms with Crippen molar-refractivity contribution in [3.8, 4) is 16.3 Å². The molecule has 0 amide bonds. The topological polar surface area (TPSA) is 38.9 Å². The third-order valence-corrected chi connectivity index (χ3v) is 5.30.